The van der Waals surface area contributed by atoms with Crippen LogP contribution < -0.4 is 4.74 Å². The first-order valence-electron chi connectivity index (χ1n) is 10.0. The lowest BCUT2D eigenvalue weighted by molar-refractivity contribution is 0.188. The quantitative estimate of drug-likeness (QED) is 0.695. The molecule has 154 valence electrons. The molecule has 1 aromatic heterocycles. The maximum atomic E-state index is 9.43. The van der Waals surface area contributed by atoms with Crippen molar-refractivity contribution in [1.29, 1.82) is 0 Å². The number of benzene rings is 2. The topological polar surface area (TPSA) is 56.5 Å². The molecule has 5 nitrogen and oxygen atoms in total. The lowest BCUT2D eigenvalue weighted by Crippen LogP contribution is -2.04. The van der Waals surface area contributed by atoms with Gasteiger partial charge < -0.3 is 14.6 Å². The van der Waals surface area contributed by atoms with Gasteiger partial charge in [0.25, 0.3) is 0 Å². The van der Waals surface area contributed by atoms with Crippen molar-refractivity contribution in [1.82, 2.24) is 9.78 Å². The van der Waals surface area contributed by atoms with Crippen molar-refractivity contribution >= 4 is 0 Å². The van der Waals surface area contributed by atoms with Crippen molar-refractivity contribution in [2.24, 2.45) is 5.92 Å². The van der Waals surface area contributed by atoms with E-state index in [0.29, 0.717) is 12.2 Å². The Labute approximate surface area is 172 Å². The Morgan fingerprint density at radius 1 is 1.17 bits per heavy atom. The summed E-state index contributed by atoms with van der Waals surface area (Å²) in [6, 6.07) is 18.2. The highest BCUT2D eigenvalue weighted by Crippen LogP contribution is 2.27. The van der Waals surface area contributed by atoms with Crippen LogP contribution in [0.1, 0.15) is 30.2 Å². The van der Waals surface area contributed by atoms with Gasteiger partial charge in [-0.15, -0.1) is 0 Å². The second-order valence-corrected chi connectivity index (χ2v) is 7.48. The Kier molecular flexibility index (Phi) is 7.44. The monoisotopic (exact) mass is 394 g/mol. The molecule has 1 N–H and O–H groups in total. The molecule has 29 heavy (non-hydrogen) atoms. The van der Waals surface area contributed by atoms with Crippen LogP contribution in [0.4, 0.5) is 0 Å². The first-order valence-corrected chi connectivity index (χ1v) is 10.0. The smallest absolute Gasteiger partial charge is 0.121 e. The van der Waals surface area contributed by atoms with E-state index in [1.54, 1.807) is 7.11 Å². The predicted octanol–water partition coefficient (Wildman–Crippen LogP) is 4.45. The van der Waals surface area contributed by atoms with E-state index in [4.69, 9.17) is 9.47 Å². The minimum absolute atomic E-state index is 0.0655. The molecule has 2 aromatic carbocycles. The molecular formula is C24H30N2O3. The summed E-state index contributed by atoms with van der Waals surface area (Å²) < 4.78 is 12.3. The van der Waals surface area contributed by atoms with Crippen molar-refractivity contribution in [3.05, 3.63) is 71.4 Å². The number of aromatic nitrogens is 2. The van der Waals surface area contributed by atoms with Crippen LogP contribution in [0.5, 0.6) is 5.75 Å². The van der Waals surface area contributed by atoms with Gasteiger partial charge in [-0.25, -0.2) is 0 Å². The van der Waals surface area contributed by atoms with Crippen LogP contribution in [0.2, 0.25) is 0 Å². The van der Waals surface area contributed by atoms with Gasteiger partial charge in [0.05, 0.1) is 31.6 Å². The minimum atomic E-state index is -0.0655. The maximum absolute atomic E-state index is 9.43. The first-order chi connectivity index (χ1) is 14.1. The Bertz CT molecular complexity index is 900. The van der Waals surface area contributed by atoms with Crippen LogP contribution in [0, 0.1) is 12.8 Å². The van der Waals surface area contributed by atoms with E-state index in [9.17, 15) is 5.11 Å². The summed E-state index contributed by atoms with van der Waals surface area (Å²) in [4.78, 5) is 0. The highest BCUT2D eigenvalue weighted by atomic mass is 16.5. The molecular weight excluding hydrogens is 364 g/mol. The number of rotatable bonds is 5. The Morgan fingerprint density at radius 2 is 1.97 bits per heavy atom. The van der Waals surface area contributed by atoms with Gasteiger partial charge in [0.1, 0.15) is 5.75 Å². The second-order valence-electron chi connectivity index (χ2n) is 7.48. The number of nitrogens with zero attached hydrogens (tertiary/aromatic N) is 2. The number of hydrogen-bond acceptors (Lipinski definition) is 4. The largest absolute Gasteiger partial charge is 0.496 e. The Balaban J connectivity index is 0.000000343. The number of ether oxygens (including phenoxy) is 2. The van der Waals surface area contributed by atoms with Crippen molar-refractivity contribution in [2.75, 3.05) is 20.3 Å². The fraction of sp³-hybridized carbons (Fsp3) is 0.375. The van der Waals surface area contributed by atoms with Gasteiger partial charge in [-0.2, -0.15) is 5.10 Å². The van der Waals surface area contributed by atoms with Gasteiger partial charge in [-0.1, -0.05) is 37.3 Å². The summed E-state index contributed by atoms with van der Waals surface area (Å²) in [7, 11) is 1.67. The van der Waals surface area contributed by atoms with Gasteiger partial charge in [0.2, 0.25) is 0 Å². The average Bonchev–Trinajstić information content (AvgIpc) is 3.38. The summed E-state index contributed by atoms with van der Waals surface area (Å²) in [5.41, 5.74) is 4.97. The number of aryl methyl sites for hydroxylation is 1. The molecule has 1 aliphatic rings. The van der Waals surface area contributed by atoms with Crippen LogP contribution in [-0.4, -0.2) is 35.2 Å². The van der Waals surface area contributed by atoms with Gasteiger partial charge >= 0.3 is 0 Å². The van der Waals surface area contributed by atoms with Gasteiger partial charge in [-0.3, -0.25) is 4.68 Å². The van der Waals surface area contributed by atoms with E-state index < -0.39 is 0 Å². The van der Waals surface area contributed by atoms with E-state index in [-0.39, 0.29) is 6.61 Å². The number of hydrogen-bond donors (Lipinski definition) is 1. The molecule has 1 unspecified atom stereocenters. The summed E-state index contributed by atoms with van der Waals surface area (Å²) in [5, 5.41) is 13.9. The predicted molar refractivity (Wildman–Crippen MR) is 115 cm³/mol. The highest BCUT2D eigenvalue weighted by molar-refractivity contribution is 5.63. The average molecular weight is 395 g/mol. The molecule has 0 amide bonds. The first kappa shape index (κ1) is 21.1. The lowest BCUT2D eigenvalue weighted by atomic mass is 10.1. The SMILES string of the molecule is CC1CCOC1.COc1ccc(-c2cc(CO)nn2Cc2ccccc2)cc1C. The maximum Gasteiger partial charge on any atom is 0.121 e. The molecule has 1 aliphatic heterocycles. The third-order valence-corrected chi connectivity index (χ3v) is 5.02. The minimum Gasteiger partial charge on any atom is -0.496 e. The number of aliphatic hydroxyl groups is 1. The molecule has 0 spiro atoms. The molecule has 1 fully saturated rings. The zero-order valence-corrected chi connectivity index (χ0v) is 17.5. The van der Waals surface area contributed by atoms with E-state index >= 15 is 0 Å². The van der Waals surface area contributed by atoms with Crippen LogP contribution in [-0.2, 0) is 17.9 Å². The van der Waals surface area contributed by atoms with Crippen LogP contribution >= 0.6 is 0 Å². The highest BCUT2D eigenvalue weighted by Gasteiger charge is 2.12. The summed E-state index contributed by atoms with van der Waals surface area (Å²) in [5.74, 6) is 1.69. The van der Waals surface area contributed by atoms with E-state index in [1.165, 1.54) is 12.0 Å². The van der Waals surface area contributed by atoms with Crippen LogP contribution in [0.25, 0.3) is 11.3 Å². The lowest BCUT2D eigenvalue weighted by Gasteiger charge is -2.10. The molecule has 4 rings (SSSR count). The van der Waals surface area contributed by atoms with Crippen molar-refractivity contribution < 1.29 is 14.6 Å². The standard InChI is InChI=1S/C19H20N2O2.C5H10O/c1-14-10-16(8-9-19(14)23-2)18-11-17(13-22)20-21(18)12-15-6-4-3-5-7-15;1-5-2-3-6-4-5/h3-11,22H,12-13H2,1-2H3;5H,2-4H2,1H3. The summed E-state index contributed by atoms with van der Waals surface area (Å²) in [6.07, 6.45) is 1.26. The van der Waals surface area contributed by atoms with Crippen molar-refractivity contribution in [3.8, 4) is 17.0 Å². The molecule has 0 aliphatic carbocycles. The Morgan fingerprint density at radius 3 is 2.52 bits per heavy atom. The molecule has 1 atom stereocenters. The normalized spacial score (nSPS) is 15.7. The van der Waals surface area contributed by atoms with E-state index in [1.807, 2.05) is 48.0 Å². The molecule has 2 heterocycles. The molecule has 0 bridgehead atoms. The molecule has 5 heteroatoms. The Hall–Kier alpha value is -2.63. The van der Waals surface area contributed by atoms with Gasteiger partial charge in [0, 0.05) is 18.8 Å². The second kappa shape index (κ2) is 10.2. The van der Waals surface area contributed by atoms with Crippen molar-refractivity contribution in [2.45, 2.75) is 33.4 Å². The third kappa shape index (κ3) is 5.68. The number of methoxy groups -OCH3 is 1. The number of aliphatic hydroxyl groups excluding tert-OH is 1. The van der Waals surface area contributed by atoms with Crippen LogP contribution in [0.15, 0.2) is 54.6 Å². The molecule has 0 radical (unpaired) electrons. The summed E-state index contributed by atoms with van der Waals surface area (Å²) >= 11 is 0. The fourth-order valence-electron chi connectivity index (χ4n) is 3.35. The van der Waals surface area contributed by atoms with E-state index in [0.717, 1.165) is 41.7 Å². The molecule has 3 aromatic rings. The zero-order chi connectivity index (χ0) is 20.6. The zero-order valence-electron chi connectivity index (χ0n) is 17.5. The van der Waals surface area contributed by atoms with Gasteiger partial charge in [-0.05, 0) is 54.7 Å². The summed E-state index contributed by atoms with van der Waals surface area (Å²) in [6.45, 7) is 6.81. The van der Waals surface area contributed by atoms with E-state index in [2.05, 4.69) is 30.2 Å². The third-order valence-electron chi connectivity index (χ3n) is 5.02. The van der Waals surface area contributed by atoms with Crippen LogP contribution in [0.3, 0.4) is 0 Å². The molecule has 1 saturated heterocycles. The van der Waals surface area contributed by atoms with Crippen molar-refractivity contribution in [3.63, 3.8) is 0 Å². The molecule has 0 saturated carbocycles. The van der Waals surface area contributed by atoms with Gasteiger partial charge in [0.15, 0.2) is 0 Å². The fourth-order valence-corrected chi connectivity index (χ4v) is 3.35.